The molecule has 19 heavy (non-hydrogen) atoms. The summed E-state index contributed by atoms with van der Waals surface area (Å²) in [7, 11) is -9.12. The van der Waals surface area contributed by atoms with Crippen LogP contribution in [-0.4, -0.2) is 44.8 Å². The van der Waals surface area contributed by atoms with Crippen LogP contribution in [0.2, 0.25) is 0 Å². The number of likely N-dealkylation sites (tertiary alicyclic amines) is 1. The molecule has 7 nitrogen and oxygen atoms in total. The highest BCUT2D eigenvalue weighted by Gasteiger charge is 2.50. The van der Waals surface area contributed by atoms with Crippen LogP contribution >= 0.6 is 15.2 Å². The molecule has 3 N–H and O–H groups in total. The Hall–Kier alpha value is 0.260. The standard InChI is InChI=1S/C10H23NO6P2/c1-4-17-19(15,16)9(18(12,13)14)11-7-5-10(2,3)6-8-11/h9H,4-8H2,1-3H3,(H,15,16)(H2,12,13,14). The van der Waals surface area contributed by atoms with E-state index in [9.17, 15) is 23.8 Å². The Morgan fingerprint density at radius 3 is 2.05 bits per heavy atom. The summed E-state index contributed by atoms with van der Waals surface area (Å²) < 4.78 is 28.3. The molecule has 1 rings (SSSR count). The number of nitrogens with zero attached hydrogens (tertiary/aromatic N) is 1. The maximum Gasteiger partial charge on any atom is 0.357 e. The van der Waals surface area contributed by atoms with Crippen LogP contribution in [0.3, 0.4) is 0 Å². The Kier molecular flexibility index (Phi) is 5.41. The van der Waals surface area contributed by atoms with Gasteiger partial charge in [0.05, 0.1) is 6.61 Å². The number of hydrogen-bond donors (Lipinski definition) is 3. The molecule has 0 saturated carbocycles. The highest BCUT2D eigenvalue weighted by Crippen LogP contribution is 2.64. The molecule has 1 heterocycles. The molecule has 1 saturated heterocycles. The van der Waals surface area contributed by atoms with Crippen molar-refractivity contribution >= 4 is 15.2 Å². The Bertz CT molecular complexity index is 397. The minimum Gasteiger partial charge on any atom is -0.323 e. The summed E-state index contributed by atoms with van der Waals surface area (Å²) in [4.78, 5) is 29.9. The van der Waals surface area contributed by atoms with Crippen LogP contribution in [0.15, 0.2) is 0 Å². The first-order valence-electron chi connectivity index (χ1n) is 6.26. The zero-order chi connectivity index (χ0) is 14.9. The van der Waals surface area contributed by atoms with E-state index in [-0.39, 0.29) is 12.0 Å². The third-order valence-electron chi connectivity index (χ3n) is 3.38. The first kappa shape index (κ1) is 17.3. The van der Waals surface area contributed by atoms with Gasteiger partial charge in [0.15, 0.2) is 0 Å². The van der Waals surface area contributed by atoms with Gasteiger partial charge < -0.3 is 19.2 Å². The molecule has 0 bridgehead atoms. The van der Waals surface area contributed by atoms with Crippen molar-refractivity contribution in [1.29, 1.82) is 0 Å². The van der Waals surface area contributed by atoms with Gasteiger partial charge in [-0.15, -0.1) is 0 Å². The van der Waals surface area contributed by atoms with E-state index in [1.54, 1.807) is 0 Å². The van der Waals surface area contributed by atoms with E-state index in [0.29, 0.717) is 13.1 Å². The quantitative estimate of drug-likeness (QED) is 0.664. The van der Waals surface area contributed by atoms with Crippen molar-refractivity contribution in [1.82, 2.24) is 4.90 Å². The van der Waals surface area contributed by atoms with Gasteiger partial charge in [-0.1, -0.05) is 13.8 Å². The van der Waals surface area contributed by atoms with Gasteiger partial charge in [-0.25, -0.2) is 0 Å². The lowest BCUT2D eigenvalue weighted by atomic mass is 9.83. The van der Waals surface area contributed by atoms with Crippen molar-refractivity contribution in [3.8, 4) is 0 Å². The third-order valence-corrected chi connectivity index (χ3v) is 7.63. The predicted molar refractivity (Wildman–Crippen MR) is 71.9 cm³/mol. The normalized spacial score (nSPS) is 25.8. The monoisotopic (exact) mass is 315 g/mol. The molecule has 0 aromatic heterocycles. The molecule has 114 valence electrons. The van der Waals surface area contributed by atoms with Crippen LogP contribution in [0.5, 0.6) is 0 Å². The lowest BCUT2D eigenvalue weighted by molar-refractivity contribution is 0.118. The molecule has 0 aromatic rings. The lowest BCUT2D eigenvalue weighted by Gasteiger charge is -2.41. The minimum absolute atomic E-state index is 0.0659. The van der Waals surface area contributed by atoms with Crippen LogP contribution in [0, 0.1) is 5.41 Å². The fourth-order valence-corrected chi connectivity index (χ4v) is 5.75. The van der Waals surface area contributed by atoms with E-state index in [4.69, 9.17) is 4.52 Å². The minimum atomic E-state index is -4.75. The zero-order valence-corrected chi connectivity index (χ0v) is 13.3. The topological polar surface area (TPSA) is 107 Å². The molecule has 1 fully saturated rings. The largest absolute Gasteiger partial charge is 0.357 e. The van der Waals surface area contributed by atoms with Crippen LogP contribution in [0.1, 0.15) is 33.6 Å². The summed E-state index contributed by atoms with van der Waals surface area (Å²) in [5.74, 6) is 0. The maximum absolute atomic E-state index is 12.0. The van der Waals surface area contributed by atoms with Gasteiger partial charge in [0, 0.05) is 13.1 Å². The van der Waals surface area contributed by atoms with Crippen LogP contribution in [0.4, 0.5) is 0 Å². The van der Waals surface area contributed by atoms with Crippen molar-refractivity contribution in [2.75, 3.05) is 19.7 Å². The fourth-order valence-electron chi connectivity index (χ4n) is 2.22. The van der Waals surface area contributed by atoms with Crippen molar-refractivity contribution in [2.45, 2.75) is 39.1 Å². The highest BCUT2D eigenvalue weighted by atomic mass is 31.2. The molecule has 0 aromatic carbocycles. The van der Waals surface area contributed by atoms with E-state index in [0.717, 1.165) is 12.8 Å². The van der Waals surface area contributed by atoms with Crippen molar-refractivity contribution in [3.63, 3.8) is 0 Å². The fraction of sp³-hybridized carbons (Fsp3) is 1.00. The number of piperidine rings is 1. The number of hydrogen-bond acceptors (Lipinski definition) is 4. The second kappa shape index (κ2) is 5.94. The van der Waals surface area contributed by atoms with Crippen molar-refractivity contribution < 1.29 is 28.3 Å². The second-order valence-electron chi connectivity index (χ2n) is 5.62. The number of rotatable bonds is 5. The van der Waals surface area contributed by atoms with Crippen LogP contribution in [0.25, 0.3) is 0 Å². The summed E-state index contributed by atoms with van der Waals surface area (Å²) in [6, 6.07) is 0. The van der Waals surface area contributed by atoms with Gasteiger partial charge in [-0.05, 0) is 25.2 Å². The van der Waals surface area contributed by atoms with Crippen LogP contribution in [-0.2, 0) is 13.7 Å². The van der Waals surface area contributed by atoms with Gasteiger partial charge in [0.2, 0.25) is 5.52 Å². The second-order valence-corrected chi connectivity index (χ2v) is 9.57. The zero-order valence-electron chi connectivity index (χ0n) is 11.5. The summed E-state index contributed by atoms with van der Waals surface area (Å²) in [6.07, 6.45) is 1.44. The van der Waals surface area contributed by atoms with Gasteiger partial charge in [0.25, 0.3) is 0 Å². The Morgan fingerprint density at radius 1 is 1.21 bits per heavy atom. The summed E-state index contributed by atoms with van der Waals surface area (Å²) in [5, 5.41) is 0. The molecule has 2 unspecified atom stereocenters. The molecular formula is C10H23NO6P2. The van der Waals surface area contributed by atoms with Gasteiger partial charge in [-0.3, -0.25) is 14.0 Å². The average Bonchev–Trinajstić information content (AvgIpc) is 2.18. The van der Waals surface area contributed by atoms with Gasteiger partial charge in [-0.2, -0.15) is 0 Å². The molecule has 0 radical (unpaired) electrons. The Morgan fingerprint density at radius 2 is 1.68 bits per heavy atom. The summed E-state index contributed by atoms with van der Waals surface area (Å²) >= 11 is 0. The first-order chi connectivity index (χ1) is 8.49. The Balaban J connectivity index is 2.95. The van der Waals surface area contributed by atoms with E-state index in [1.807, 2.05) is 0 Å². The van der Waals surface area contributed by atoms with Crippen LogP contribution < -0.4 is 0 Å². The summed E-state index contributed by atoms with van der Waals surface area (Å²) in [5.41, 5.74) is -1.67. The van der Waals surface area contributed by atoms with Gasteiger partial charge >= 0.3 is 15.2 Å². The van der Waals surface area contributed by atoms with Gasteiger partial charge in [0.1, 0.15) is 0 Å². The van der Waals surface area contributed by atoms with E-state index < -0.39 is 20.7 Å². The van der Waals surface area contributed by atoms with Crippen molar-refractivity contribution in [2.24, 2.45) is 5.41 Å². The average molecular weight is 315 g/mol. The van der Waals surface area contributed by atoms with E-state index in [1.165, 1.54) is 11.8 Å². The third kappa shape index (κ3) is 4.64. The molecule has 1 aliphatic heterocycles. The van der Waals surface area contributed by atoms with E-state index in [2.05, 4.69) is 13.8 Å². The molecule has 0 spiro atoms. The predicted octanol–water partition coefficient (Wildman–Crippen LogP) is 1.79. The summed E-state index contributed by atoms with van der Waals surface area (Å²) in [6.45, 7) is 6.33. The smallest absolute Gasteiger partial charge is 0.323 e. The molecule has 1 aliphatic rings. The first-order valence-corrected chi connectivity index (χ1v) is 9.59. The molecular weight excluding hydrogens is 292 g/mol. The molecule has 2 atom stereocenters. The molecule has 0 aliphatic carbocycles. The van der Waals surface area contributed by atoms with Crippen molar-refractivity contribution in [3.05, 3.63) is 0 Å². The SMILES string of the molecule is CCOP(=O)(O)C(N1CCC(C)(C)CC1)P(=O)(O)O. The maximum atomic E-state index is 12.0. The lowest BCUT2D eigenvalue weighted by Crippen LogP contribution is -2.43. The highest BCUT2D eigenvalue weighted by molar-refractivity contribution is 7.71. The Labute approximate surface area is 113 Å². The molecule has 9 heteroatoms. The van der Waals surface area contributed by atoms with E-state index >= 15 is 0 Å². The molecule has 0 amide bonds.